The van der Waals surface area contributed by atoms with Crippen molar-refractivity contribution < 1.29 is 4.79 Å². The molecule has 102 valence electrons. The summed E-state index contributed by atoms with van der Waals surface area (Å²) in [7, 11) is 0. The molecule has 0 aromatic heterocycles. The second kappa shape index (κ2) is 5.06. The van der Waals surface area contributed by atoms with Gasteiger partial charge in [-0.15, -0.1) is 0 Å². The molecule has 5 heteroatoms. The van der Waals surface area contributed by atoms with E-state index < -0.39 is 0 Å². The summed E-state index contributed by atoms with van der Waals surface area (Å²) in [5, 5.41) is 3.35. The Kier molecular flexibility index (Phi) is 3.24. The van der Waals surface area contributed by atoms with Crippen molar-refractivity contribution in [1.29, 1.82) is 0 Å². The van der Waals surface area contributed by atoms with Crippen LogP contribution in [-0.4, -0.2) is 12.6 Å². The highest BCUT2D eigenvalue weighted by atomic mass is 35.5. The van der Waals surface area contributed by atoms with E-state index in [4.69, 9.17) is 17.3 Å². The van der Waals surface area contributed by atoms with Crippen molar-refractivity contribution in [3.8, 4) is 0 Å². The molecule has 4 nitrogen and oxygen atoms in total. The fraction of sp³-hybridized carbons (Fsp3) is 0.133. The molecule has 0 saturated heterocycles. The Morgan fingerprint density at radius 3 is 2.80 bits per heavy atom. The molecular formula is C15H14ClN3O. The van der Waals surface area contributed by atoms with E-state index in [0.29, 0.717) is 17.3 Å². The highest BCUT2D eigenvalue weighted by Gasteiger charge is 2.26. The molecule has 0 unspecified atom stereocenters. The van der Waals surface area contributed by atoms with Crippen molar-refractivity contribution in [2.75, 3.05) is 22.5 Å². The van der Waals surface area contributed by atoms with Crippen molar-refractivity contribution in [2.45, 2.75) is 6.42 Å². The van der Waals surface area contributed by atoms with Crippen LogP contribution in [0, 0.1) is 0 Å². The molecule has 0 radical (unpaired) electrons. The number of nitrogen functional groups attached to an aromatic ring is 1. The van der Waals surface area contributed by atoms with Crippen LogP contribution in [0.1, 0.15) is 5.56 Å². The van der Waals surface area contributed by atoms with Gasteiger partial charge in [0, 0.05) is 17.8 Å². The van der Waals surface area contributed by atoms with Gasteiger partial charge in [0.2, 0.25) is 0 Å². The molecular weight excluding hydrogens is 274 g/mol. The number of anilines is 3. The molecule has 2 amide bonds. The van der Waals surface area contributed by atoms with Gasteiger partial charge in [0.25, 0.3) is 0 Å². The Morgan fingerprint density at radius 2 is 2.00 bits per heavy atom. The number of nitrogens with zero attached hydrogens (tertiary/aromatic N) is 1. The fourth-order valence-electron chi connectivity index (χ4n) is 2.42. The van der Waals surface area contributed by atoms with E-state index in [1.165, 1.54) is 0 Å². The number of amides is 2. The summed E-state index contributed by atoms with van der Waals surface area (Å²) in [6.07, 6.45) is 0.776. The first-order chi connectivity index (χ1) is 9.66. The topological polar surface area (TPSA) is 58.4 Å². The van der Waals surface area contributed by atoms with Gasteiger partial charge in [0.05, 0.1) is 16.4 Å². The predicted octanol–water partition coefficient (Wildman–Crippen LogP) is 3.52. The van der Waals surface area contributed by atoms with Crippen molar-refractivity contribution in [1.82, 2.24) is 0 Å². The molecule has 1 heterocycles. The largest absolute Gasteiger partial charge is 0.398 e. The van der Waals surface area contributed by atoms with Crippen molar-refractivity contribution in [3.05, 3.63) is 53.1 Å². The highest BCUT2D eigenvalue weighted by molar-refractivity contribution is 6.33. The minimum Gasteiger partial charge on any atom is -0.398 e. The normalized spacial score (nSPS) is 13.2. The van der Waals surface area contributed by atoms with Gasteiger partial charge in [0.1, 0.15) is 0 Å². The quantitative estimate of drug-likeness (QED) is 0.789. The molecule has 0 saturated carbocycles. The minimum absolute atomic E-state index is 0.192. The summed E-state index contributed by atoms with van der Waals surface area (Å²) in [4.78, 5) is 14.0. The maximum absolute atomic E-state index is 12.4. The van der Waals surface area contributed by atoms with E-state index in [1.807, 2.05) is 30.3 Å². The van der Waals surface area contributed by atoms with Crippen LogP contribution < -0.4 is 16.0 Å². The number of nitrogens with two attached hydrogens (primary N) is 1. The average molecular weight is 288 g/mol. The summed E-state index contributed by atoms with van der Waals surface area (Å²) in [6.45, 7) is 0.625. The van der Waals surface area contributed by atoms with Gasteiger partial charge in [-0.2, -0.15) is 0 Å². The summed E-state index contributed by atoms with van der Waals surface area (Å²) < 4.78 is 0. The summed E-state index contributed by atoms with van der Waals surface area (Å²) >= 11 is 6.05. The van der Waals surface area contributed by atoms with E-state index in [2.05, 4.69) is 5.32 Å². The number of benzene rings is 2. The summed E-state index contributed by atoms with van der Waals surface area (Å²) in [5.41, 5.74) is 9.17. The van der Waals surface area contributed by atoms with E-state index >= 15 is 0 Å². The molecule has 2 aromatic carbocycles. The number of para-hydroxylation sites is 1. The van der Waals surface area contributed by atoms with Crippen molar-refractivity contribution in [2.24, 2.45) is 0 Å². The van der Waals surface area contributed by atoms with Crippen LogP contribution in [-0.2, 0) is 6.42 Å². The molecule has 3 N–H and O–H groups in total. The van der Waals surface area contributed by atoms with E-state index in [-0.39, 0.29) is 6.03 Å². The van der Waals surface area contributed by atoms with E-state index in [1.54, 1.807) is 17.0 Å². The van der Waals surface area contributed by atoms with Crippen molar-refractivity contribution in [3.63, 3.8) is 0 Å². The second-order valence-corrected chi connectivity index (χ2v) is 5.06. The van der Waals surface area contributed by atoms with Crippen LogP contribution in [0.25, 0.3) is 0 Å². The average Bonchev–Trinajstić information content (AvgIpc) is 2.87. The van der Waals surface area contributed by atoms with Gasteiger partial charge in [0.15, 0.2) is 0 Å². The number of hydrogen-bond acceptors (Lipinski definition) is 2. The van der Waals surface area contributed by atoms with Crippen LogP contribution >= 0.6 is 11.6 Å². The van der Waals surface area contributed by atoms with E-state index in [9.17, 15) is 4.79 Å². The molecule has 1 aliphatic rings. The summed E-state index contributed by atoms with van der Waals surface area (Å²) in [6, 6.07) is 12.6. The number of urea groups is 1. The van der Waals surface area contributed by atoms with Crippen molar-refractivity contribution >= 4 is 34.7 Å². The van der Waals surface area contributed by atoms with Gasteiger partial charge in [-0.1, -0.05) is 29.8 Å². The highest BCUT2D eigenvalue weighted by Crippen LogP contribution is 2.32. The second-order valence-electron chi connectivity index (χ2n) is 4.66. The lowest BCUT2D eigenvalue weighted by Crippen LogP contribution is -2.33. The molecule has 0 atom stereocenters. The zero-order chi connectivity index (χ0) is 14.1. The molecule has 0 aliphatic carbocycles. The van der Waals surface area contributed by atoms with Crippen LogP contribution in [0.2, 0.25) is 5.02 Å². The summed E-state index contributed by atoms with van der Waals surface area (Å²) in [5.74, 6) is 0. The van der Waals surface area contributed by atoms with Crippen LogP contribution in [0.4, 0.5) is 21.9 Å². The van der Waals surface area contributed by atoms with Gasteiger partial charge in [-0.05, 0) is 30.7 Å². The maximum Gasteiger partial charge on any atom is 0.326 e. The molecule has 2 aromatic rings. The first kappa shape index (κ1) is 12.8. The number of nitrogens with one attached hydrogen (secondary N) is 1. The van der Waals surface area contributed by atoms with Crippen LogP contribution in [0.3, 0.4) is 0 Å². The van der Waals surface area contributed by atoms with Gasteiger partial charge in [-0.25, -0.2) is 4.79 Å². The number of halogens is 1. The standard InChI is InChI=1S/C15H14ClN3O/c16-11-4-1-2-6-13(11)18-15(20)19-9-8-10-12(17)5-3-7-14(10)19/h1-7H,8-9,17H2,(H,18,20). The lowest BCUT2D eigenvalue weighted by Gasteiger charge is -2.18. The molecule has 0 bridgehead atoms. The van der Waals surface area contributed by atoms with Gasteiger partial charge >= 0.3 is 6.03 Å². The Bertz CT molecular complexity index is 672. The molecule has 3 rings (SSSR count). The molecule has 20 heavy (non-hydrogen) atoms. The smallest absolute Gasteiger partial charge is 0.326 e. The fourth-order valence-corrected chi connectivity index (χ4v) is 2.60. The lowest BCUT2D eigenvalue weighted by atomic mass is 10.1. The molecule has 0 fully saturated rings. The molecule has 1 aliphatic heterocycles. The van der Waals surface area contributed by atoms with Gasteiger partial charge in [-0.3, -0.25) is 4.90 Å². The monoisotopic (exact) mass is 287 g/mol. The number of rotatable bonds is 1. The first-order valence-corrected chi connectivity index (χ1v) is 6.75. The Morgan fingerprint density at radius 1 is 1.20 bits per heavy atom. The third kappa shape index (κ3) is 2.18. The number of fused-ring (bicyclic) bond motifs is 1. The minimum atomic E-state index is -0.192. The van der Waals surface area contributed by atoms with Gasteiger partial charge < -0.3 is 11.1 Å². The Balaban J connectivity index is 1.84. The van der Waals surface area contributed by atoms with Crippen LogP contribution in [0.15, 0.2) is 42.5 Å². The lowest BCUT2D eigenvalue weighted by molar-refractivity contribution is 0.257. The number of hydrogen-bond donors (Lipinski definition) is 2. The molecule has 0 spiro atoms. The Labute approximate surface area is 122 Å². The number of carbonyl (C=O) groups is 1. The van der Waals surface area contributed by atoms with E-state index in [0.717, 1.165) is 23.4 Å². The SMILES string of the molecule is Nc1cccc2c1CCN2C(=O)Nc1ccccc1Cl. The third-order valence-electron chi connectivity index (χ3n) is 3.42. The Hall–Kier alpha value is -2.20. The zero-order valence-electron chi connectivity index (χ0n) is 10.8. The van der Waals surface area contributed by atoms with Crippen LogP contribution in [0.5, 0.6) is 0 Å². The number of carbonyl (C=O) groups excluding carboxylic acids is 1. The maximum atomic E-state index is 12.4. The first-order valence-electron chi connectivity index (χ1n) is 6.37. The third-order valence-corrected chi connectivity index (χ3v) is 3.75. The zero-order valence-corrected chi connectivity index (χ0v) is 11.5. The predicted molar refractivity (Wildman–Crippen MR) is 82.4 cm³/mol.